The molecule has 5 rings (SSSR count). The minimum atomic E-state index is -0.172. The van der Waals surface area contributed by atoms with Gasteiger partial charge < -0.3 is 0 Å². The number of nitrogens with one attached hydrogen (secondary N) is 1. The van der Waals surface area contributed by atoms with Crippen LogP contribution in [-0.4, -0.2) is 33.8 Å². The summed E-state index contributed by atoms with van der Waals surface area (Å²) in [5.74, 6) is 1.24. The molecule has 1 aliphatic heterocycles. The molecule has 0 radical (unpaired) electrons. The van der Waals surface area contributed by atoms with Crippen molar-refractivity contribution < 1.29 is 4.79 Å². The van der Waals surface area contributed by atoms with Crippen molar-refractivity contribution in [2.24, 2.45) is 11.8 Å². The van der Waals surface area contributed by atoms with Gasteiger partial charge in [0.25, 0.3) is 5.91 Å². The van der Waals surface area contributed by atoms with Crippen LogP contribution in [-0.2, 0) is 0 Å². The molecule has 2 aromatic heterocycles. The number of fused-ring (bicyclic) bond motifs is 1. The summed E-state index contributed by atoms with van der Waals surface area (Å²) in [6.07, 6.45) is 3.84. The molecule has 30 heavy (non-hydrogen) atoms. The summed E-state index contributed by atoms with van der Waals surface area (Å²) in [6, 6.07) is 9.32. The molecular formula is C22H22Cl2N4OS. The molecule has 8 heteroatoms. The first-order valence-electron chi connectivity index (χ1n) is 10.2. The standard InChI is InChI=1S/C22H22Cl2N4OS/c1-13-20(22(29)26-27-11-14-4-2-5-15(14)12-27)25-28(21(13)19-6-3-9-30-19)18-8-7-16(23)10-17(18)24/h3,6-10,14-15H,2,4-5,11-12H2,1H3,(H,26,29). The van der Waals surface area contributed by atoms with Gasteiger partial charge in [-0.25, -0.2) is 9.69 Å². The number of rotatable bonds is 4. The molecule has 2 unspecified atom stereocenters. The zero-order chi connectivity index (χ0) is 20.8. The maximum atomic E-state index is 13.2. The second-order valence-electron chi connectivity index (χ2n) is 8.10. The number of amides is 1. The van der Waals surface area contributed by atoms with Crippen molar-refractivity contribution in [1.82, 2.24) is 20.2 Å². The first kappa shape index (κ1) is 20.1. The Kier molecular flexibility index (Phi) is 5.35. The molecule has 1 aromatic carbocycles. The van der Waals surface area contributed by atoms with E-state index in [-0.39, 0.29) is 5.91 Å². The SMILES string of the molecule is Cc1c(C(=O)NN2CC3CCCC3C2)nn(-c2ccc(Cl)cc2Cl)c1-c1cccs1. The third-order valence-electron chi connectivity index (χ3n) is 6.22. The second kappa shape index (κ2) is 8.00. The van der Waals surface area contributed by atoms with Crippen molar-refractivity contribution in [3.8, 4) is 16.3 Å². The number of aromatic nitrogens is 2. The van der Waals surface area contributed by atoms with Crippen LogP contribution in [0.1, 0.15) is 35.3 Å². The maximum absolute atomic E-state index is 13.2. The summed E-state index contributed by atoms with van der Waals surface area (Å²) in [7, 11) is 0. The van der Waals surface area contributed by atoms with Crippen LogP contribution < -0.4 is 5.43 Å². The van der Waals surface area contributed by atoms with Crippen molar-refractivity contribution in [2.75, 3.05) is 13.1 Å². The lowest BCUT2D eigenvalue weighted by Crippen LogP contribution is -2.41. The van der Waals surface area contributed by atoms with E-state index in [2.05, 4.69) is 10.4 Å². The highest BCUT2D eigenvalue weighted by molar-refractivity contribution is 7.13. The molecule has 1 amide bonds. The molecule has 3 heterocycles. The Hall–Kier alpha value is -1.86. The monoisotopic (exact) mass is 460 g/mol. The Labute approximate surface area is 189 Å². The van der Waals surface area contributed by atoms with Gasteiger partial charge in [-0.15, -0.1) is 11.3 Å². The molecule has 2 atom stereocenters. The zero-order valence-corrected chi connectivity index (χ0v) is 18.9. The fraction of sp³-hybridized carbons (Fsp3) is 0.364. The Balaban J connectivity index is 1.51. The van der Waals surface area contributed by atoms with E-state index >= 15 is 0 Å². The van der Waals surface area contributed by atoms with Gasteiger partial charge in [-0.3, -0.25) is 10.2 Å². The number of hydrazine groups is 1. The van der Waals surface area contributed by atoms with E-state index in [0.717, 1.165) is 29.2 Å². The van der Waals surface area contributed by atoms with Crippen molar-refractivity contribution in [1.29, 1.82) is 0 Å². The summed E-state index contributed by atoms with van der Waals surface area (Å²) in [5.41, 5.74) is 5.91. The van der Waals surface area contributed by atoms with Crippen LogP contribution in [0.25, 0.3) is 16.3 Å². The van der Waals surface area contributed by atoms with Crippen molar-refractivity contribution >= 4 is 40.4 Å². The Morgan fingerprint density at radius 1 is 1.20 bits per heavy atom. The molecule has 1 aliphatic carbocycles. The average Bonchev–Trinajstić information content (AvgIpc) is 3.45. The molecule has 5 nitrogen and oxygen atoms in total. The van der Waals surface area contributed by atoms with E-state index in [1.807, 2.05) is 30.5 Å². The highest BCUT2D eigenvalue weighted by Gasteiger charge is 2.37. The number of nitrogens with zero attached hydrogens (tertiary/aromatic N) is 3. The maximum Gasteiger partial charge on any atom is 0.286 e. The van der Waals surface area contributed by atoms with E-state index in [1.54, 1.807) is 28.2 Å². The number of thiophene rings is 1. The van der Waals surface area contributed by atoms with Crippen molar-refractivity contribution in [3.05, 3.63) is 57.0 Å². The smallest absolute Gasteiger partial charge is 0.283 e. The summed E-state index contributed by atoms with van der Waals surface area (Å²) in [4.78, 5) is 14.2. The van der Waals surface area contributed by atoms with Gasteiger partial charge in [-0.1, -0.05) is 35.7 Å². The average molecular weight is 461 g/mol. The number of carbonyl (C=O) groups is 1. The molecule has 1 saturated heterocycles. The van der Waals surface area contributed by atoms with Gasteiger partial charge in [0.15, 0.2) is 5.69 Å². The van der Waals surface area contributed by atoms with Crippen LogP contribution in [0.3, 0.4) is 0 Å². The zero-order valence-electron chi connectivity index (χ0n) is 16.6. The number of carbonyl (C=O) groups excluding carboxylic acids is 1. The number of hydrogen-bond donors (Lipinski definition) is 1. The highest BCUT2D eigenvalue weighted by Crippen LogP contribution is 2.37. The quantitative estimate of drug-likeness (QED) is 0.551. The van der Waals surface area contributed by atoms with Gasteiger partial charge in [0.2, 0.25) is 0 Å². The Bertz CT molecular complexity index is 1080. The van der Waals surface area contributed by atoms with Crippen LogP contribution in [0.15, 0.2) is 35.7 Å². The van der Waals surface area contributed by atoms with Gasteiger partial charge in [0.1, 0.15) is 0 Å². The first-order valence-corrected chi connectivity index (χ1v) is 11.8. The van der Waals surface area contributed by atoms with Crippen LogP contribution >= 0.6 is 34.5 Å². The summed E-state index contributed by atoms with van der Waals surface area (Å²) >= 11 is 14.2. The molecule has 156 valence electrons. The third-order valence-corrected chi connectivity index (χ3v) is 7.63. The molecule has 0 bridgehead atoms. The fourth-order valence-electron chi connectivity index (χ4n) is 4.76. The molecule has 1 N–H and O–H groups in total. The fourth-order valence-corrected chi connectivity index (χ4v) is 6.07. The Morgan fingerprint density at radius 3 is 2.63 bits per heavy atom. The first-order chi connectivity index (χ1) is 14.5. The van der Waals surface area contributed by atoms with Crippen molar-refractivity contribution in [3.63, 3.8) is 0 Å². The summed E-state index contributed by atoms with van der Waals surface area (Å²) in [6.45, 7) is 3.80. The second-order valence-corrected chi connectivity index (χ2v) is 9.90. The Morgan fingerprint density at radius 2 is 1.97 bits per heavy atom. The van der Waals surface area contributed by atoms with E-state index in [9.17, 15) is 4.79 Å². The summed E-state index contributed by atoms with van der Waals surface area (Å²) < 4.78 is 1.76. The topological polar surface area (TPSA) is 50.2 Å². The summed E-state index contributed by atoms with van der Waals surface area (Å²) in [5, 5.41) is 9.82. The molecule has 1 saturated carbocycles. The van der Waals surface area contributed by atoms with Gasteiger partial charge in [0, 0.05) is 23.7 Å². The predicted octanol–water partition coefficient (Wildman–Crippen LogP) is 5.59. The van der Waals surface area contributed by atoms with Crippen LogP contribution in [0.4, 0.5) is 0 Å². The van der Waals surface area contributed by atoms with Crippen LogP contribution in [0.5, 0.6) is 0 Å². The van der Waals surface area contributed by atoms with Gasteiger partial charge in [0.05, 0.1) is 21.3 Å². The van der Waals surface area contributed by atoms with E-state index < -0.39 is 0 Å². The number of halogens is 2. The number of benzene rings is 1. The lowest BCUT2D eigenvalue weighted by atomic mass is 10.0. The molecule has 2 fully saturated rings. The van der Waals surface area contributed by atoms with Crippen molar-refractivity contribution in [2.45, 2.75) is 26.2 Å². The van der Waals surface area contributed by atoms with E-state index in [4.69, 9.17) is 28.3 Å². The molecule has 0 spiro atoms. The predicted molar refractivity (Wildman–Crippen MR) is 122 cm³/mol. The highest BCUT2D eigenvalue weighted by atomic mass is 35.5. The van der Waals surface area contributed by atoms with Gasteiger partial charge >= 0.3 is 0 Å². The van der Waals surface area contributed by atoms with Crippen LogP contribution in [0, 0.1) is 18.8 Å². The number of hydrogen-bond acceptors (Lipinski definition) is 4. The minimum Gasteiger partial charge on any atom is -0.283 e. The van der Waals surface area contributed by atoms with Crippen LogP contribution in [0.2, 0.25) is 10.0 Å². The van der Waals surface area contributed by atoms with E-state index in [1.165, 1.54) is 19.3 Å². The third kappa shape index (κ3) is 3.56. The molecular weight excluding hydrogens is 439 g/mol. The van der Waals surface area contributed by atoms with E-state index in [0.29, 0.717) is 33.3 Å². The molecule has 3 aromatic rings. The largest absolute Gasteiger partial charge is 0.286 e. The normalized spacial score (nSPS) is 21.2. The minimum absolute atomic E-state index is 0.172. The lowest BCUT2D eigenvalue weighted by molar-refractivity contribution is 0.0808. The van der Waals surface area contributed by atoms with Gasteiger partial charge in [-0.2, -0.15) is 5.10 Å². The van der Waals surface area contributed by atoms with Gasteiger partial charge in [-0.05, 0) is 61.2 Å². The molecule has 2 aliphatic rings. The lowest BCUT2D eigenvalue weighted by Gasteiger charge is -2.17.